The molecule has 0 heterocycles. The lowest BCUT2D eigenvalue weighted by Crippen LogP contribution is -2.11. The van der Waals surface area contributed by atoms with Crippen molar-refractivity contribution >= 4 is 19.2 Å². The van der Waals surface area contributed by atoms with E-state index in [1.165, 1.54) is 32.1 Å². The van der Waals surface area contributed by atoms with Crippen LogP contribution in [0.3, 0.4) is 0 Å². The zero-order valence-corrected chi connectivity index (χ0v) is 21.8. The van der Waals surface area contributed by atoms with Crippen LogP contribution in [0.4, 0.5) is 5.69 Å². The minimum atomic E-state index is -4.02. The molecule has 6 nitrogen and oxygen atoms in total. The van der Waals surface area contributed by atoms with Gasteiger partial charge in [-0.2, -0.15) is 0 Å². The van der Waals surface area contributed by atoms with Crippen molar-refractivity contribution in [2.24, 2.45) is 0 Å². The predicted molar refractivity (Wildman–Crippen MR) is 146 cm³/mol. The van der Waals surface area contributed by atoms with Gasteiger partial charge in [-0.15, -0.1) is 0 Å². The van der Waals surface area contributed by atoms with Crippen molar-refractivity contribution in [1.29, 1.82) is 0 Å². The van der Waals surface area contributed by atoms with Crippen LogP contribution < -0.4 is 10.1 Å². The molecule has 7 heteroatoms. The first-order valence-electron chi connectivity index (χ1n) is 12.6. The SMILES string of the molecule is CCCCCCCCOc1ccc(-c2ccc(C(=O)Nc3ccc(CCP(=O)(O)O)cc3)cc2)cc1. The number of amides is 1. The van der Waals surface area contributed by atoms with Gasteiger partial charge in [-0.25, -0.2) is 0 Å². The zero-order chi connectivity index (χ0) is 25.8. The topological polar surface area (TPSA) is 95.9 Å². The minimum Gasteiger partial charge on any atom is -0.494 e. The Morgan fingerprint density at radius 3 is 2.00 bits per heavy atom. The molecule has 0 atom stereocenters. The number of rotatable bonds is 14. The van der Waals surface area contributed by atoms with E-state index in [4.69, 9.17) is 14.5 Å². The van der Waals surface area contributed by atoms with Crippen LogP contribution in [-0.2, 0) is 11.0 Å². The molecule has 192 valence electrons. The minimum absolute atomic E-state index is 0.194. The molecule has 0 fully saturated rings. The van der Waals surface area contributed by atoms with E-state index >= 15 is 0 Å². The molecule has 0 saturated carbocycles. The van der Waals surface area contributed by atoms with Crippen LogP contribution in [0.25, 0.3) is 11.1 Å². The van der Waals surface area contributed by atoms with Crippen LogP contribution in [0.15, 0.2) is 72.8 Å². The summed E-state index contributed by atoms with van der Waals surface area (Å²) in [5.74, 6) is 0.652. The number of hydrogen-bond donors (Lipinski definition) is 3. The number of nitrogens with one attached hydrogen (secondary N) is 1. The summed E-state index contributed by atoms with van der Waals surface area (Å²) in [6.45, 7) is 2.97. The van der Waals surface area contributed by atoms with Gasteiger partial charge >= 0.3 is 7.60 Å². The number of carbonyl (C=O) groups is 1. The largest absolute Gasteiger partial charge is 0.494 e. The molecule has 0 saturated heterocycles. The molecule has 0 spiro atoms. The summed E-state index contributed by atoms with van der Waals surface area (Å²) in [5.41, 5.74) is 4.05. The quantitative estimate of drug-likeness (QED) is 0.160. The highest BCUT2D eigenvalue weighted by Crippen LogP contribution is 2.35. The number of benzene rings is 3. The van der Waals surface area contributed by atoms with Gasteiger partial charge in [0.25, 0.3) is 5.91 Å². The van der Waals surface area contributed by atoms with Crippen molar-refractivity contribution in [2.75, 3.05) is 18.1 Å². The van der Waals surface area contributed by atoms with Crippen molar-refractivity contribution in [3.63, 3.8) is 0 Å². The maximum atomic E-state index is 12.6. The van der Waals surface area contributed by atoms with E-state index in [9.17, 15) is 9.36 Å². The molecule has 36 heavy (non-hydrogen) atoms. The number of unbranched alkanes of at least 4 members (excludes halogenated alkanes) is 5. The number of ether oxygens (including phenoxy) is 1. The third-order valence-corrected chi connectivity index (χ3v) is 6.81. The fourth-order valence-electron chi connectivity index (χ4n) is 3.86. The van der Waals surface area contributed by atoms with E-state index in [0.717, 1.165) is 35.5 Å². The molecule has 3 N–H and O–H groups in total. The van der Waals surface area contributed by atoms with Gasteiger partial charge in [0, 0.05) is 11.3 Å². The second-order valence-corrected chi connectivity index (χ2v) is 10.8. The van der Waals surface area contributed by atoms with Crippen LogP contribution in [0.2, 0.25) is 0 Å². The summed E-state index contributed by atoms with van der Waals surface area (Å²) >= 11 is 0. The highest BCUT2D eigenvalue weighted by Gasteiger charge is 2.12. The molecule has 0 aliphatic heterocycles. The highest BCUT2D eigenvalue weighted by molar-refractivity contribution is 7.51. The number of anilines is 1. The first-order chi connectivity index (χ1) is 17.3. The average Bonchev–Trinajstić information content (AvgIpc) is 2.88. The molecule has 3 aromatic rings. The summed E-state index contributed by atoms with van der Waals surface area (Å²) in [7, 11) is -4.02. The Kier molecular flexibility index (Phi) is 10.7. The van der Waals surface area contributed by atoms with Crippen molar-refractivity contribution in [3.8, 4) is 16.9 Å². The van der Waals surface area contributed by atoms with Crippen molar-refractivity contribution in [1.82, 2.24) is 0 Å². The van der Waals surface area contributed by atoms with Crippen LogP contribution in [0, 0.1) is 0 Å². The van der Waals surface area contributed by atoms with Crippen LogP contribution in [0.1, 0.15) is 61.4 Å². The summed E-state index contributed by atoms with van der Waals surface area (Å²) < 4.78 is 16.9. The Morgan fingerprint density at radius 1 is 0.806 bits per heavy atom. The van der Waals surface area contributed by atoms with E-state index < -0.39 is 7.60 Å². The smallest absolute Gasteiger partial charge is 0.325 e. The first-order valence-corrected chi connectivity index (χ1v) is 14.4. The Morgan fingerprint density at radius 2 is 1.39 bits per heavy atom. The Labute approximate surface area is 213 Å². The van der Waals surface area contributed by atoms with Gasteiger partial charge in [-0.05, 0) is 65.9 Å². The molecular formula is C29H36NO5P. The lowest BCUT2D eigenvalue weighted by atomic mass is 10.0. The van der Waals surface area contributed by atoms with Crippen molar-refractivity contribution < 1.29 is 23.9 Å². The average molecular weight is 510 g/mol. The fourth-order valence-corrected chi connectivity index (χ4v) is 4.41. The van der Waals surface area contributed by atoms with E-state index in [2.05, 4.69) is 12.2 Å². The van der Waals surface area contributed by atoms with E-state index in [1.54, 1.807) is 36.4 Å². The summed E-state index contributed by atoms with van der Waals surface area (Å²) in [6, 6.07) is 22.4. The van der Waals surface area contributed by atoms with Crippen molar-refractivity contribution in [2.45, 2.75) is 51.9 Å². The van der Waals surface area contributed by atoms with Gasteiger partial charge in [0.2, 0.25) is 0 Å². The van der Waals surface area contributed by atoms with E-state index in [-0.39, 0.29) is 18.5 Å². The molecule has 0 bridgehead atoms. The standard InChI is InChI=1S/C29H36NO5P/c1-2-3-4-5-6-7-21-35-28-18-14-25(15-19-28)24-10-12-26(13-11-24)29(31)30-27-16-8-23(9-17-27)20-22-36(32,33)34/h8-19H,2-7,20-22H2,1H3,(H,30,31)(H2,32,33,34). The molecule has 0 aliphatic rings. The number of hydrogen-bond acceptors (Lipinski definition) is 3. The van der Waals surface area contributed by atoms with Gasteiger partial charge in [0.1, 0.15) is 5.75 Å². The lowest BCUT2D eigenvalue weighted by molar-refractivity contribution is 0.102. The molecular weight excluding hydrogens is 473 g/mol. The van der Waals surface area contributed by atoms with Gasteiger partial charge < -0.3 is 19.8 Å². The summed E-state index contributed by atoms with van der Waals surface area (Å²) in [5, 5.41) is 2.85. The monoisotopic (exact) mass is 509 g/mol. The van der Waals surface area contributed by atoms with Crippen molar-refractivity contribution in [3.05, 3.63) is 83.9 Å². The van der Waals surface area contributed by atoms with Crippen LogP contribution in [-0.4, -0.2) is 28.5 Å². The number of carbonyl (C=O) groups excluding carboxylic acids is 1. The maximum Gasteiger partial charge on any atom is 0.325 e. The fraction of sp³-hybridized carbons (Fsp3) is 0.345. The van der Waals surface area contributed by atoms with Gasteiger partial charge in [-0.1, -0.05) is 75.4 Å². The highest BCUT2D eigenvalue weighted by atomic mass is 31.2. The van der Waals surface area contributed by atoms with E-state index in [1.807, 2.05) is 36.4 Å². The third-order valence-electron chi connectivity index (χ3n) is 6.00. The lowest BCUT2D eigenvalue weighted by Gasteiger charge is -2.09. The molecule has 0 aromatic heterocycles. The van der Waals surface area contributed by atoms with Gasteiger partial charge in [0.05, 0.1) is 12.8 Å². The van der Waals surface area contributed by atoms with Gasteiger partial charge in [0.15, 0.2) is 0 Å². The summed E-state index contributed by atoms with van der Waals surface area (Å²) in [4.78, 5) is 30.6. The normalized spacial score (nSPS) is 11.3. The zero-order valence-electron chi connectivity index (χ0n) is 20.9. The molecule has 0 unspecified atom stereocenters. The molecule has 0 aliphatic carbocycles. The number of aryl methyl sites for hydroxylation is 1. The second kappa shape index (κ2) is 14.0. The van der Waals surface area contributed by atoms with E-state index in [0.29, 0.717) is 11.3 Å². The second-order valence-electron chi connectivity index (χ2n) is 9.01. The molecule has 3 rings (SSSR count). The first kappa shape index (κ1) is 27.7. The Bertz CT molecular complexity index is 1120. The van der Waals surface area contributed by atoms with Crippen LogP contribution >= 0.6 is 7.60 Å². The summed E-state index contributed by atoms with van der Waals surface area (Å²) in [6.07, 6.45) is 7.54. The Balaban J connectivity index is 1.47. The van der Waals surface area contributed by atoms with Gasteiger partial charge in [-0.3, -0.25) is 9.36 Å². The molecule has 3 aromatic carbocycles. The third kappa shape index (κ3) is 9.62. The molecule has 1 amide bonds. The Hall–Kier alpha value is -2.92. The maximum absolute atomic E-state index is 12.6. The molecule has 0 radical (unpaired) electrons. The predicted octanol–water partition coefficient (Wildman–Crippen LogP) is 7.07. The van der Waals surface area contributed by atoms with Crippen LogP contribution in [0.5, 0.6) is 5.75 Å².